The molecule has 2 aromatic heterocycles. The number of aliphatic imine (C=N–C) groups is 2. The molecule has 0 atom stereocenters. The molecule has 0 saturated carbocycles. The van der Waals surface area contributed by atoms with Gasteiger partial charge in [0.1, 0.15) is 27.9 Å². The molecule has 0 aliphatic carbocycles. The normalized spacial score (nSPS) is 12.2. The summed E-state index contributed by atoms with van der Waals surface area (Å²) in [4.78, 5) is 31.0. The Labute approximate surface area is 416 Å². The molecule has 0 aliphatic rings. The van der Waals surface area contributed by atoms with Crippen molar-refractivity contribution >= 4 is 150 Å². The van der Waals surface area contributed by atoms with Gasteiger partial charge in [-0.05, 0) is 123 Å². The number of hydrogen-bond acceptors (Lipinski definition) is 19. The monoisotopic (exact) mass is 1220 g/mol. The third-order valence-corrected chi connectivity index (χ3v) is 13.4. The zero-order valence-electron chi connectivity index (χ0n) is 34.9. The molecule has 65 heavy (non-hydrogen) atoms. The number of hydroxylamine groups is 2. The van der Waals surface area contributed by atoms with Gasteiger partial charge in [-0.15, -0.1) is 11.8 Å². The maximum Gasteiger partial charge on any atom is 0.421 e. The number of sulfonamides is 2. The van der Waals surface area contributed by atoms with Crippen LogP contribution >= 0.6 is 94.6 Å². The van der Waals surface area contributed by atoms with E-state index in [1.807, 2.05) is 20.4 Å². The summed E-state index contributed by atoms with van der Waals surface area (Å²) < 4.78 is 103. The number of carbonyl (C=O) groups excluding carboxylic acids is 2. The first kappa shape index (κ1) is 57.9. The SMILES string of the molecule is CC(C)(C)OC(=O)NS(=O)(=O)CCCBr.CC(C)(C)OC(=O)NS(=O)(=O)CCCSc1nsnc1C(=Nc1ccc(F)c(Br)c1)NO.ONC(=Nc1ccc(F)c(Br)c1)c1nsnc1Cl. The predicted octanol–water partition coefficient (Wildman–Crippen LogP) is 8.61. The molecule has 2 amide bonds. The number of nitrogens with one attached hydrogen (secondary N) is 4. The lowest BCUT2D eigenvalue weighted by Gasteiger charge is -2.19. The van der Waals surface area contributed by atoms with Crippen LogP contribution in [0, 0.1) is 11.6 Å². The smallest absolute Gasteiger partial charge is 0.421 e. The molecule has 2 aromatic carbocycles. The van der Waals surface area contributed by atoms with E-state index in [1.165, 1.54) is 48.2 Å². The Morgan fingerprint density at radius 1 is 0.754 bits per heavy atom. The van der Waals surface area contributed by atoms with Crippen LogP contribution < -0.4 is 20.4 Å². The van der Waals surface area contributed by atoms with E-state index in [0.29, 0.717) is 33.9 Å². The highest BCUT2D eigenvalue weighted by molar-refractivity contribution is 9.10. The van der Waals surface area contributed by atoms with Gasteiger partial charge >= 0.3 is 12.2 Å². The first-order valence-corrected chi connectivity index (χ1v) is 26.9. The lowest BCUT2D eigenvalue weighted by atomic mass is 10.2. The lowest BCUT2D eigenvalue weighted by Crippen LogP contribution is -2.37. The summed E-state index contributed by atoms with van der Waals surface area (Å²) in [5.74, 6) is -0.877. The molecule has 0 bridgehead atoms. The molecular weight excluding hydrogens is 1180 g/mol. The predicted molar refractivity (Wildman–Crippen MR) is 255 cm³/mol. The topological polar surface area (TPSA) is 286 Å². The number of hydrogen-bond donors (Lipinski definition) is 6. The molecule has 31 heteroatoms. The number of rotatable bonds is 14. The van der Waals surface area contributed by atoms with E-state index in [-0.39, 0.29) is 55.1 Å². The van der Waals surface area contributed by atoms with Gasteiger partial charge in [0.25, 0.3) is 0 Å². The molecule has 2 heterocycles. The van der Waals surface area contributed by atoms with E-state index in [0.717, 1.165) is 23.5 Å². The van der Waals surface area contributed by atoms with Gasteiger partial charge in [-0.3, -0.25) is 21.4 Å². The van der Waals surface area contributed by atoms with Gasteiger partial charge in [-0.25, -0.2) is 54.6 Å². The maximum absolute atomic E-state index is 13.4. The Morgan fingerprint density at radius 3 is 1.58 bits per heavy atom. The summed E-state index contributed by atoms with van der Waals surface area (Å²) in [6.07, 6.45) is -1.31. The molecule has 0 aliphatic heterocycles. The first-order valence-electron chi connectivity index (χ1n) is 18.0. The Bertz CT molecular complexity index is 2510. The summed E-state index contributed by atoms with van der Waals surface area (Å²) in [7, 11) is -7.43. The van der Waals surface area contributed by atoms with Crippen LogP contribution in [0.4, 0.5) is 29.7 Å². The van der Waals surface area contributed by atoms with Crippen molar-refractivity contribution in [1.82, 2.24) is 37.9 Å². The Hall–Kier alpha value is -3.20. The van der Waals surface area contributed by atoms with Crippen LogP contribution in [0.5, 0.6) is 0 Å². The molecule has 4 aromatic rings. The van der Waals surface area contributed by atoms with Crippen molar-refractivity contribution in [3.8, 4) is 0 Å². The minimum Gasteiger partial charge on any atom is -0.443 e. The third kappa shape index (κ3) is 22.9. The quantitative estimate of drug-likeness (QED) is 0.0172. The van der Waals surface area contributed by atoms with Gasteiger partial charge in [0.15, 0.2) is 28.2 Å². The Kier molecular flexibility index (Phi) is 24.0. The number of carbonyl (C=O) groups is 2. The number of nitrogens with zero attached hydrogens (tertiary/aromatic N) is 6. The van der Waals surface area contributed by atoms with E-state index < -0.39 is 55.1 Å². The molecule has 6 N–H and O–H groups in total. The molecule has 0 fully saturated rings. The van der Waals surface area contributed by atoms with Crippen molar-refractivity contribution in [3.05, 3.63) is 73.5 Å². The number of thioether (sulfide) groups is 1. The zero-order chi connectivity index (χ0) is 49.2. The number of aromatic nitrogens is 4. The lowest BCUT2D eigenvalue weighted by molar-refractivity contribution is 0.0557. The molecule has 0 saturated heterocycles. The van der Waals surface area contributed by atoms with Crippen molar-refractivity contribution in [1.29, 1.82) is 0 Å². The van der Waals surface area contributed by atoms with E-state index in [4.69, 9.17) is 26.3 Å². The minimum absolute atomic E-state index is 0.000952. The summed E-state index contributed by atoms with van der Waals surface area (Å²) in [5.41, 5.74) is 3.60. The average Bonchev–Trinajstić information content (AvgIpc) is 3.83. The van der Waals surface area contributed by atoms with Crippen molar-refractivity contribution in [2.45, 2.75) is 70.6 Å². The molecule has 360 valence electrons. The third-order valence-electron chi connectivity index (χ3n) is 6.47. The Balaban J connectivity index is 0.000000371. The van der Waals surface area contributed by atoms with Crippen LogP contribution in [0.2, 0.25) is 5.15 Å². The van der Waals surface area contributed by atoms with E-state index in [2.05, 4.69) is 75.3 Å². The second-order valence-corrected chi connectivity index (χ2v) is 22.9. The number of amidine groups is 2. The first-order chi connectivity index (χ1) is 30.2. The highest BCUT2D eigenvalue weighted by Crippen LogP contribution is 2.26. The summed E-state index contributed by atoms with van der Waals surface area (Å²) >= 11 is 18.0. The van der Waals surface area contributed by atoms with Gasteiger partial charge in [0.2, 0.25) is 20.0 Å². The fourth-order valence-corrected chi connectivity index (χ4v) is 9.71. The highest BCUT2D eigenvalue weighted by Gasteiger charge is 2.23. The van der Waals surface area contributed by atoms with Crippen LogP contribution in [-0.2, 0) is 29.5 Å². The highest BCUT2D eigenvalue weighted by atomic mass is 79.9. The van der Waals surface area contributed by atoms with Crippen molar-refractivity contribution in [2.24, 2.45) is 9.98 Å². The fraction of sp³-hybridized carbons (Fsp3) is 0.412. The van der Waals surface area contributed by atoms with Gasteiger partial charge < -0.3 is 9.47 Å². The van der Waals surface area contributed by atoms with Crippen LogP contribution in [0.1, 0.15) is 65.8 Å². The van der Waals surface area contributed by atoms with Crippen LogP contribution in [0.15, 0.2) is 60.4 Å². The van der Waals surface area contributed by atoms with Gasteiger partial charge in [-0.1, -0.05) is 27.5 Å². The molecule has 20 nitrogen and oxygen atoms in total. The van der Waals surface area contributed by atoms with Crippen LogP contribution in [0.25, 0.3) is 0 Å². The van der Waals surface area contributed by atoms with Crippen molar-refractivity contribution in [2.75, 3.05) is 22.6 Å². The maximum atomic E-state index is 13.4. The number of ether oxygens (including phenoxy) is 2. The summed E-state index contributed by atoms with van der Waals surface area (Å²) in [6.45, 7) is 9.88. The summed E-state index contributed by atoms with van der Waals surface area (Å²) in [5, 5.41) is 19.6. The molecule has 0 radical (unpaired) electrons. The second-order valence-electron chi connectivity index (χ2n) is 14.3. The van der Waals surface area contributed by atoms with Crippen molar-refractivity contribution in [3.63, 3.8) is 0 Å². The number of benzene rings is 2. The molecule has 0 spiro atoms. The second kappa shape index (κ2) is 27.0. The number of amides is 2. The molecular formula is C34H42Br3ClF2N10O10S5. The van der Waals surface area contributed by atoms with Gasteiger partial charge in [0.05, 0.1) is 55.3 Å². The number of halogens is 6. The fourth-order valence-electron chi connectivity index (χ4n) is 3.98. The van der Waals surface area contributed by atoms with Gasteiger partial charge in [-0.2, -0.15) is 17.5 Å². The largest absolute Gasteiger partial charge is 0.443 e. The minimum atomic E-state index is -3.86. The van der Waals surface area contributed by atoms with Crippen molar-refractivity contribution < 1.29 is 55.1 Å². The average molecular weight is 1220 g/mol. The summed E-state index contributed by atoms with van der Waals surface area (Å²) in [6, 6.07) is 8.23. The number of alkyl halides is 1. The van der Waals surface area contributed by atoms with Gasteiger partial charge in [0, 0.05) is 11.1 Å². The van der Waals surface area contributed by atoms with E-state index >= 15 is 0 Å². The van der Waals surface area contributed by atoms with E-state index in [9.17, 15) is 40.4 Å². The van der Waals surface area contributed by atoms with E-state index in [1.54, 1.807) is 41.5 Å². The molecule has 4 rings (SSSR count). The van der Waals surface area contributed by atoms with Crippen LogP contribution in [-0.4, -0.2) is 102 Å². The Morgan fingerprint density at radius 2 is 1.18 bits per heavy atom. The van der Waals surface area contributed by atoms with Crippen LogP contribution in [0.3, 0.4) is 0 Å². The molecule has 0 unspecified atom stereocenters. The standard InChI is InChI=1S/C17H21BrFN5O5S3.C9H5BrClFN4OS.C8H16BrNO4S/c1-17(2,3)29-16(25)24-32(27,28)8-4-7-30-15-13(22-31-23-15)14(21-26)20-10-5-6-12(19)11(18)9-10;10-5-3-4(1-2-6(5)12)13-9(14-17)7-8(11)16-18-15-7;1-8(2,3)14-7(11)10-15(12,13)6-4-5-9/h5-6,9,26H,4,7-8H2,1-3H3,(H,20,21)(H,24,25);1-3,17H,(H,13,14);4-6H2,1-3H3,(H,10,11). The zero-order valence-corrected chi connectivity index (χ0v) is 44.5.